The third kappa shape index (κ3) is 3.21. The van der Waals surface area contributed by atoms with Crippen molar-refractivity contribution in [3.05, 3.63) is 0 Å². The number of rotatable bonds is 6. The van der Waals surface area contributed by atoms with Crippen molar-refractivity contribution in [2.45, 2.75) is 64.0 Å². The summed E-state index contributed by atoms with van der Waals surface area (Å²) < 4.78 is 0. The molecule has 2 saturated carbocycles. The first kappa shape index (κ1) is 11.9. The maximum absolute atomic E-state index is 11.0. The second kappa shape index (κ2) is 5.17. The zero-order chi connectivity index (χ0) is 11.5. The lowest BCUT2D eigenvalue weighted by molar-refractivity contribution is -0.142. The monoisotopic (exact) mass is 225 g/mol. The van der Waals surface area contributed by atoms with E-state index in [-0.39, 0.29) is 12.0 Å². The fourth-order valence-electron chi connectivity index (χ4n) is 2.80. The second-order valence-corrected chi connectivity index (χ2v) is 5.57. The number of carboxylic acids is 1. The van der Waals surface area contributed by atoms with Gasteiger partial charge in [-0.3, -0.25) is 4.79 Å². The van der Waals surface area contributed by atoms with Crippen molar-refractivity contribution in [3.8, 4) is 0 Å². The highest BCUT2D eigenvalue weighted by Crippen LogP contribution is 2.34. The van der Waals surface area contributed by atoms with E-state index in [2.05, 4.69) is 12.2 Å². The molecule has 0 saturated heterocycles. The molecule has 2 N–H and O–H groups in total. The van der Waals surface area contributed by atoms with Crippen LogP contribution in [0.4, 0.5) is 0 Å². The molecular weight excluding hydrogens is 202 g/mol. The molecule has 1 unspecified atom stereocenters. The largest absolute Gasteiger partial charge is 0.481 e. The number of carbonyl (C=O) groups is 1. The van der Waals surface area contributed by atoms with Crippen LogP contribution >= 0.6 is 0 Å². The molecule has 92 valence electrons. The highest BCUT2D eigenvalue weighted by Gasteiger charge is 2.33. The van der Waals surface area contributed by atoms with Gasteiger partial charge in [-0.1, -0.05) is 19.3 Å². The minimum atomic E-state index is -0.621. The third-order valence-corrected chi connectivity index (χ3v) is 4.04. The van der Waals surface area contributed by atoms with Gasteiger partial charge in [0.05, 0.1) is 5.92 Å². The molecule has 3 heteroatoms. The maximum Gasteiger partial charge on any atom is 0.308 e. The van der Waals surface area contributed by atoms with Crippen molar-refractivity contribution < 1.29 is 9.90 Å². The SMILES string of the molecule is CC(CCC1CC1)N[C@@H]1CCC[C@@H]1C(=O)O. The summed E-state index contributed by atoms with van der Waals surface area (Å²) in [7, 11) is 0. The van der Waals surface area contributed by atoms with Crippen LogP contribution < -0.4 is 5.32 Å². The Morgan fingerprint density at radius 2 is 2.12 bits per heavy atom. The van der Waals surface area contributed by atoms with Crippen molar-refractivity contribution in [3.63, 3.8) is 0 Å². The van der Waals surface area contributed by atoms with E-state index in [1.807, 2.05) is 0 Å². The van der Waals surface area contributed by atoms with Crippen LogP contribution in [0.15, 0.2) is 0 Å². The first-order valence-corrected chi connectivity index (χ1v) is 6.65. The van der Waals surface area contributed by atoms with E-state index in [0.29, 0.717) is 6.04 Å². The zero-order valence-electron chi connectivity index (χ0n) is 10.1. The van der Waals surface area contributed by atoms with Crippen LogP contribution in [-0.2, 0) is 4.79 Å². The van der Waals surface area contributed by atoms with Crippen LogP contribution in [0, 0.1) is 11.8 Å². The molecule has 0 radical (unpaired) electrons. The van der Waals surface area contributed by atoms with E-state index < -0.39 is 5.97 Å². The Labute approximate surface area is 97.6 Å². The molecule has 2 aliphatic rings. The van der Waals surface area contributed by atoms with Gasteiger partial charge in [-0.2, -0.15) is 0 Å². The predicted octanol–water partition coefficient (Wildman–Crippen LogP) is 2.41. The Balaban J connectivity index is 1.71. The van der Waals surface area contributed by atoms with Crippen LogP contribution in [0.2, 0.25) is 0 Å². The summed E-state index contributed by atoms with van der Waals surface area (Å²) in [6, 6.07) is 0.692. The van der Waals surface area contributed by atoms with Crippen molar-refractivity contribution in [2.75, 3.05) is 0 Å². The van der Waals surface area contributed by atoms with Crippen molar-refractivity contribution in [1.82, 2.24) is 5.32 Å². The average molecular weight is 225 g/mol. The highest BCUT2D eigenvalue weighted by atomic mass is 16.4. The molecule has 0 aliphatic heterocycles. The molecule has 0 heterocycles. The van der Waals surface area contributed by atoms with Gasteiger partial charge < -0.3 is 10.4 Å². The van der Waals surface area contributed by atoms with Crippen LogP contribution in [0.3, 0.4) is 0 Å². The first-order chi connectivity index (χ1) is 7.66. The number of carboxylic acid groups (broad SMARTS) is 1. The number of nitrogens with one attached hydrogen (secondary N) is 1. The normalized spacial score (nSPS) is 31.6. The summed E-state index contributed by atoms with van der Waals surface area (Å²) in [5, 5.41) is 12.6. The third-order valence-electron chi connectivity index (χ3n) is 4.04. The van der Waals surface area contributed by atoms with Crippen molar-refractivity contribution >= 4 is 5.97 Å². The van der Waals surface area contributed by atoms with Crippen LogP contribution in [-0.4, -0.2) is 23.2 Å². The molecule has 0 bridgehead atoms. The molecule has 2 fully saturated rings. The van der Waals surface area contributed by atoms with Gasteiger partial charge in [-0.05, 0) is 38.5 Å². The molecule has 2 rings (SSSR count). The number of aliphatic carboxylic acids is 1. The van der Waals surface area contributed by atoms with E-state index in [9.17, 15) is 4.79 Å². The van der Waals surface area contributed by atoms with Crippen molar-refractivity contribution in [2.24, 2.45) is 11.8 Å². The standard InChI is InChI=1S/C13H23NO2/c1-9(5-6-10-7-8-10)14-12-4-2-3-11(12)13(15)16/h9-12,14H,2-8H2,1H3,(H,15,16)/t9?,11-,12+/m0/s1. The summed E-state index contributed by atoms with van der Waals surface area (Å²) in [5.41, 5.74) is 0. The summed E-state index contributed by atoms with van der Waals surface area (Å²) >= 11 is 0. The molecule has 0 aromatic carbocycles. The topological polar surface area (TPSA) is 49.3 Å². The lowest BCUT2D eigenvalue weighted by atomic mass is 10.0. The molecule has 16 heavy (non-hydrogen) atoms. The predicted molar refractivity (Wildman–Crippen MR) is 63.3 cm³/mol. The van der Waals surface area contributed by atoms with E-state index in [1.165, 1.54) is 25.7 Å². The Hall–Kier alpha value is -0.570. The minimum absolute atomic E-state index is 0.150. The summed E-state index contributed by atoms with van der Waals surface area (Å²) in [4.78, 5) is 11.0. The molecule has 3 nitrogen and oxygen atoms in total. The van der Waals surface area contributed by atoms with Crippen LogP contribution in [0.1, 0.15) is 51.9 Å². The zero-order valence-corrected chi connectivity index (χ0v) is 10.1. The van der Waals surface area contributed by atoms with Crippen molar-refractivity contribution in [1.29, 1.82) is 0 Å². The highest BCUT2D eigenvalue weighted by molar-refractivity contribution is 5.71. The van der Waals surface area contributed by atoms with Gasteiger partial charge in [0, 0.05) is 12.1 Å². The summed E-state index contributed by atoms with van der Waals surface area (Å²) in [6.07, 6.45) is 8.28. The lowest BCUT2D eigenvalue weighted by Crippen LogP contribution is -2.41. The Morgan fingerprint density at radius 3 is 2.75 bits per heavy atom. The summed E-state index contributed by atoms with van der Waals surface area (Å²) in [6.45, 7) is 2.19. The van der Waals surface area contributed by atoms with Gasteiger partial charge in [0.2, 0.25) is 0 Å². The maximum atomic E-state index is 11.0. The van der Waals surface area contributed by atoms with Gasteiger partial charge in [-0.25, -0.2) is 0 Å². The Kier molecular flexibility index (Phi) is 3.85. The number of hydrogen-bond acceptors (Lipinski definition) is 2. The van der Waals surface area contributed by atoms with Gasteiger partial charge >= 0.3 is 5.97 Å². The quantitative estimate of drug-likeness (QED) is 0.730. The lowest BCUT2D eigenvalue weighted by Gasteiger charge is -2.22. The van der Waals surface area contributed by atoms with Gasteiger partial charge in [-0.15, -0.1) is 0 Å². The van der Waals surface area contributed by atoms with Gasteiger partial charge in [0.1, 0.15) is 0 Å². The number of hydrogen-bond donors (Lipinski definition) is 2. The molecular formula is C13H23NO2. The smallest absolute Gasteiger partial charge is 0.308 e. The fourth-order valence-corrected chi connectivity index (χ4v) is 2.80. The van der Waals surface area contributed by atoms with Gasteiger partial charge in [0.15, 0.2) is 0 Å². The molecule has 3 atom stereocenters. The summed E-state index contributed by atoms with van der Waals surface area (Å²) in [5.74, 6) is 0.205. The molecule has 0 aromatic heterocycles. The first-order valence-electron chi connectivity index (χ1n) is 6.65. The van der Waals surface area contributed by atoms with E-state index in [4.69, 9.17) is 5.11 Å². The van der Waals surface area contributed by atoms with Gasteiger partial charge in [0.25, 0.3) is 0 Å². The van der Waals surface area contributed by atoms with Crippen LogP contribution in [0.5, 0.6) is 0 Å². The second-order valence-electron chi connectivity index (χ2n) is 5.57. The average Bonchev–Trinajstić information content (AvgIpc) is 2.95. The Bertz CT molecular complexity index is 250. The molecule has 0 spiro atoms. The van der Waals surface area contributed by atoms with E-state index >= 15 is 0 Å². The molecule has 2 aliphatic carbocycles. The van der Waals surface area contributed by atoms with Crippen LogP contribution in [0.25, 0.3) is 0 Å². The molecule has 0 amide bonds. The fraction of sp³-hybridized carbons (Fsp3) is 0.923. The van der Waals surface area contributed by atoms with E-state index in [0.717, 1.165) is 25.2 Å². The van der Waals surface area contributed by atoms with E-state index in [1.54, 1.807) is 0 Å². The minimum Gasteiger partial charge on any atom is -0.481 e. The molecule has 0 aromatic rings. The Morgan fingerprint density at radius 1 is 1.38 bits per heavy atom.